The Morgan fingerprint density at radius 1 is 1.00 bits per heavy atom. The van der Waals surface area contributed by atoms with Crippen LogP contribution in [-0.2, 0) is 13.0 Å². The van der Waals surface area contributed by atoms with E-state index in [-0.39, 0.29) is 18.7 Å². The Balaban J connectivity index is 1.68. The maximum Gasteiger partial charge on any atom is 0.315 e. The van der Waals surface area contributed by atoms with Gasteiger partial charge >= 0.3 is 6.03 Å². The van der Waals surface area contributed by atoms with Gasteiger partial charge in [0.2, 0.25) is 0 Å². The predicted molar refractivity (Wildman–Crippen MR) is 98.6 cm³/mol. The molecular formula is C20H26N2O3. The van der Waals surface area contributed by atoms with Crippen LogP contribution in [0.4, 0.5) is 4.79 Å². The summed E-state index contributed by atoms with van der Waals surface area (Å²) in [4.78, 5) is 11.8. The fourth-order valence-corrected chi connectivity index (χ4v) is 2.37. The van der Waals surface area contributed by atoms with Gasteiger partial charge in [-0.3, -0.25) is 0 Å². The number of urea groups is 1. The van der Waals surface area contributed by atoms with E-state index in [1.54, 1.807) is 0 Å². The van der Waals surface area contributed by atoms with Crippen molar-refractivity contribution in [2.45, 2.75) is 39.0 Å². The summed E-state index contributed by atoms with van der Waals surface area (Å²) in [5.41, 5.74) is 2.03. The summed E-state index contributed by atoms with van der Waals surface area (Å²) in [5, 5.41) is 15.4. The van der Waals surface area contributed by atoms with Crippen molar-refractivity contribution >= 4 is 6.03 Å². The van der Waals surface area contributed by atoms with E-state index in [2.05, 4.69) is 10.6 Å². The molecule has 0 saturated heterocycles. The highest BCUT2D eigenvalue weighted by atomic mass is 16.5. The lowest BCUT2D eigenvalue weighted by molar-refractivity contribution is 0.170. The highest BCUT2D eigenvalue weighted by Gasteiger charge is 2.08. The number of carbonyl (C=O) groups is 1. The number of carbonyl (C=O) groups excluding carboxylic acids is 1. The number of benzene rings is 2. The minimum absolute atomic E-state index is 0.136. The van der Waals surface area contributed by atoms with Gasteiger partial charge in [-0.1, -0.05) is 42.5 Å². The van der Waals surface area contributed by atoms with Crippen LogP contribution < -0.4 is 15.4 Å². The Morgan fingerprint density at radius 3 is 2.32 bits per heavy atom. The van der Waals surface area contributed by atoms with Gasteiger partial charge in [-0.2, -0.15) is 0 Å². The topological polar surface area (TPSA) is 70.6 Å². The van der Waals surface area contributed by atoms with Crippen molar-refractivity contribution in [2.75, 3.05) is 6.54 Å². The molecule has 3 N–H and O–H groups in total. The Bertz CT molecular complexity index is 642. The first kappa shape index (κ1) is 18.8. The largest absolute Gasteiger partial charge is 0.491 e. The number of hydrogen-bond donors (Lipinski definition) is 3. The highest BCUT2D eigenvalue weighted by molar-refractivity contribution is 5.73. The van der Waals surface area contributed by atoms with E-state index in [0.29, 0.717) is 13.0 Å². The quantitative estimate of drug-likeness (QED) is 0.691. The van der Waals surface area contributed by atoms with Gasteiger partial charge in [0.25, 0.3) is 0 Å². The molecule has 1 unspecified atom stereocenters. The van der Waals surface area contributed by atoms with Crippen LogP contribution in [-0.4, -0.2) is 29.9 Å². The SMILES string of the molecule is CC(C)Oc1ccc(CNC(=O)NCC(O)Cc2ccccc2)cc1. The third kappa shape index (κ3) is 7.27. The van der Waals surface area contributed by atoms with Crippen molar-refractivity contribution in [1.29, 1.82) is 0 Å². The maximum absolute atomic E-state index is 11.8. The number of amides is 2. The van der Waals surface area contributed by atoms with Gasteiger partial charge in [-0.15, -0.1) is 0 Å². The Morgan fingerprint density at radius 2 is 1.68 bits per heavy atom. The molecule has 5 heteroatoms. The molecule has 1 atom stereocenters. The fourth-order valence-electron chi connectivity index (χ4n) is 2.37. The number of nitrogens with one attached hydrogen (secondary N) is 2. The van der Waals surface area contributed by atoms with Crippen LogP contribution in [0.3, 0.4) is 0 Å². The summed E-state index contributed by atoms with van der Waals surface area (Å²) in [6, 6.07) is 17.0. The molecular weight excluding hydrogens is 316 g/mol. The first-order chi connectivity index (χ1) is 12.0. The molecule has 5 nitrogen and oxygen atoms in total. The molecule has 2 amide bonds. The van der Waals surface area contributed by atoms with Crippen molar-refractivity contribution in [3.05, 3.63) is 65.7 Å². The minimum Gasteiger partial charge on any atom is -0.491 e. The predicted octanol–water partition coefficient (Wildman–Crippen LogP) is 2.88. The van der Waals surface area contributed by atoms with E-state index in [9.17, 15) is 9.90 Å². The van der Waals surface area contributed by atoms with Crippen LogP contribution in [0.1, 0.15) is 25.0 Å². The minimum atomic E-state index is -0.611. The number of aliphatic hydroxyl groups excluding tert-OH is 1. The first-order valence-corrected chi connectivity index (χ1v) is 8.52. The molecule has 0 aliphatic rings. The molecule has 2 rings (SSSR count). The van der Waals surface area contributed by atoms with Gasteiger partial charge in [0, 0.05) is 19.5 Å². The second kappa shape index (κ2) is 9.69. The Labute approximate surface area is 149 Å². The molecule has 0 aliphatic carbocycles. The molecule has 0 heterocycles. The summed E-state index contributed by atoms with van der Waals surface area (Å²) in [7, 11) is 0. The van der Waals surface area contributed by atoms with Gasteiger partial charge in [0.1, 0.15) is 5.75 Å². The molecule has 25 heavy (non-hydrogen) atoms. The zero-order chi connectivity index (χ0) is 18.1. The molecule has 2 aromatic rings. The molecule has 0 saturated carbocycles. The standard InChI is InChI=1S/C20H26N2O3/c1-15(2)25-19-10-8-17(9-11-19)13-21-20(24)22-14-18(23)12-16-6-4-3-5-7-16/h3-11,15,18,23H,12-14H2,1-2H3,(H2,21,22,24). The molecule has 0 bridgehead atoms. The van der Waals surface area contributed by atoms with E-state index in [0.717, 1.165) is 16.9 Å². The second-order valence-corrected chi connectivity index (χ2v) is 6.22. The lowest BCUT2D eigenvalue weighted by Crippen LogP contribution is -2.39. The van der Waals surface area contributed by atoms with E-state index < -0.39 is 6.10 Å². The fraction of sp³-hybridized carbons (Fsp3) is 0.350. The lowest BCUT2D eigenvalue weighted by Gasteiger charge is -2.13. The summed E-state index contributed by atoms with van der Waals surface area (Å²) in [5.74, 6) is 0.812. The number of rotatable bonds is 8. The van der Waals surface area contributed by atoms with Gasteiger partial charge < -0.3 is 20.5 Å². The van der Waals surface area contributed by atoms with Crippen LogP contribution >= 0.6 is 0 Å². The van der Waals surface area contributed by atoms with Crippen molar-refractivity contribution in [3.8, 4) is 5.75 Å². The van der Waals surface area contributed by atoms with E-state index in [1.165, 1.54) is 0 Å². The van der Waals surface area contributed by atoms with Crippen LogP contribution in [0.2, 0.25) is 0 Å². The van der Waals surface area contributed by atoms with Crippen molar-refractivity contribution in [1.82, 2.24) is 10.6 Å². The van der Waals surface area contributed by atoms with Crippen LogP contribution in [0.5, 0.6) is 5.75 Å². The first-order valence-electron chi connectivity index (χ1n) is 8.52. The summed E-state index contributed by atoms with van der Waals surface area (Å²) < 4.78 is 5.58. The van der Waals surface area contributed by atoms with Gasteiger partial charge in [0.05, 0.1) is 12.2 Å². The smallest absolute Gasteiger partial charge is 0.315 e. The van der Waals surface area contributed by atoms with Crippen LogP contribution in [0.15, 0.2) is 54.6 Å². The monoisotopic (exact) mass is 342 g/mol. The summed E-state index contributed by atoms with van der Waals surface area (Å²) in [6.45, 7) is 4.59. The maximum atomic E-state index is 11.8. The van der Waals surface area contributed by atoms with Gasteiger partial charge in [-0.05, 0) is 37.1 Å². The molecule has 0 spiro atoms. The molecule has 134 valence electrons. The Kier molecular flexibility index (Phi) is 7.29. The number of ether oxygens (including phenoxy) is 1. The zero-order valence-electron chi connectivity index (χ0n) is 14.7. The Hall–Kier alpha value is -2.53. The van der Waals surface area contributed by atoms with Gasteiger partial charge in [0.15, 0.2) is 0 Å². The molecule has 0 fully saturated rings. The average Bonchev–Trinajstić information content (AvgIpc) is 2.60. The zero-order valence-corrected chi connectivity index (χ0v) is 14.7. The highest BCUT2D eigenvalue weighted by Crippen LogP contribution is 2.13. The van der Waals surface area contributed by atoms with Crippen LogP contribution in [0, 0.1) is 0 Å². The molecule has 0 aromatic heterocycles. The average molecular weight is 342 g/mol. The molecule has 2 aromatic carbocycles. The normalized spacial score (nSPS) is 11.8. The second-order valence-electron chi connectivity index (χ2n) is 6.22. The van der Waals surface area contributed by atoms with Crippen molar-refractivity contribution < 1.29 is 14.6 Å². The van der Waals surface area contributed by atoms with Crippen molar-refractivity contribution in [2.24, 2.45) is 0 Å². The lowest BCUT2D eigenvalue weighted by atomic mass is 10.1. The molecule has 0 aliphatic heterocycles. The summed E-state index contributed by atoms with van der Waals surface area (Å²) in [6.07, 6.45) is 0.0380. The third-order valence-electron chi connectivity index (χ3n) is 3.56. The number of hydrogen-bond acceptors (Lipinski definition) is 3. The summed E-state index contributed by atoms with van der Waals surface area (Å²) >= 11 is 0. The number of aliphatic hydroxyl groups is 1. The van der Waals surface area contributed by atoms with E-state index >= 15 is 0 Å². The third-order valence-corrected chi connectivity index (χ3v) is 3.56. The van der Waals surface area contributed by atoms with Gasteiger partial charge in [-0.25, -0.2) is 4.79 Å². The van der Waals surface area contributed by atoms with Crippen molar-refractivity contribution in [3.63, 3.8) is 0 Å². The van der Waals surface area contributed by atoms with Crippen LogP contribution in [0.25, 0.3) is 0 Å². The van der Waals surface area contributed by atoms with E-state index in [4.69, 9.17) is 4.74 Å². The van der Waals surface area contributed by atoms with E-state index in [1.807, 2.05) is 68.4 Å². The molecule has 0 radical (unpaired) electrons.